The average molecular weight is 577 g/mol. The summed E-state index contributed by atoms with van der Waals surface area (Å²) in [5.41, 5.74) is 4.69. The summed E-state index contributed by atoms with van der Waals surface area (Å²) in [6.07, 6.45) is -5.53. The zero-order valence-corrected chi connectivity index (χ0v) is 20.9. The van der Waals surface area contributed by atoms with Crippen LogP contribution < -0.4 is 0 Å². The molecule has 0 saturated heterocycles. The van der Waals surface area contributed by atoms with E-state index in [0.29, 0.717) is 13.2 Å². The number of pyridine rings is 1. The highest BCUT2D eigenvalue weighted by atomic mass is 19.4. The number of carbonyl (C=O) groups is 2. The fraction of sp³-hybridized carbons (Fsp3) is 0.375. The van der Waals surface area contributed by atoms with Gasteiger partial charge in [0.15, 0.2) is 0 Å². The topological polar surface area (TPSA) is 131 Å². The van der Waals surface area contributed by atoms with Gasteiger partial charge in [0, 0.05) is 39.0 Å². The van der Waals surface area contributed by atoms with Gasteiger partial charge >= 0.3 is 24.3 Å². The first-order valence-electron chi connectivity index (χ1n) is 11.4. The van der Waals surface area contributed by atoms with Gasteiger partial charge in [0.25, 0.3) is 0 Å². The second kappa shape index (κ2) is 14.4. The first-order chi connectivity index (χ1) is 18.7. The molecule has 10 nitrogen and oxygen atoms in total. The molecule has 16 heteroatoms. The van der Waals surface area contributed by atoms with E-state index in [1.807, 2.05) is 42.3 Å². The summed E-state index contributed by atoms with van der Waals surface area (Å²) >= 11 is 0. The Morgan fingerprint density at radius 1 is 0.950 bits per heavy atom. The average Bonchev–Trinajstić information content (AvgIpc) is 3.27. The molecule has 218 valence electrons. The molecule has 2 N–H and O–H groups in total. The number of carboxylic acid groups (broad SMARTS) is 2. The molecule has 3 heterocycles. The van der Waals surface area contributed by atoms with Gasteiger partial charge in [-0.15, -0.1) is 5.10 Å². The summed E-state index contributed by atoms with van der Waals surface area (Å²) in [6.45, 7) is 3.04. The first kappa shape index (κ1) is 32.2. The summed E-state index contributed by atoms with van der Waals surface area (Å²) in [4.78, 5) is 24.3. The van der Waals surface area contributed by atoms with Gasteiger partial charge in [0.05, 0.1) is 24.9 Å². The summed E-state index contributed by atoms with van der Waals surface area (Å²) in [5.74, 6) is -5.51. The van der Waals surface area contributed by atoms with Crippen molar-refractivity contribution in [1.29, 1.82) is 0 Å². The van der Waals surface area contributed by atoms with E-state index in [-0.39, 0.29) is 6.04 Å². The highest BCUT2D eigenvalue weighted by Crippen LogP contribution is 2.29. The van der Waals surface area contributed by atoms with Crippen LogP contribution in [0, 0.1) is 0 Å². The van der Waals surface area contributed by atoms with Crippen LogP contribution in [0.3, 0.4) is 0 Å². The number of aryl methyl sites for hydroxylation is 1. The van der Waals surface area contributed by atoms with Gasteiger partial charge in [-0.3, -0.25) is 14.6 Å². The van der Waals surface area contributed by atoms with Crippen molar-refractivity contribution in [3.63, 3.8) is 0 Å². The number of ether oxygens (including phenoxy) is 1. The van der Waals surface area contributed by atoms with Gasteiger partial charge in [-0.1, -0.05) is 35.5 Å². The van der Waals surface area contributed by atoms with Crippen LogP contribution in [0.5, 0.6) is 0 Å². The smallest absolute Gasteiger partial charge is 0.475 e. The summed E-state index contributed by atoms with van der Waals surface area (Å²) < 4.78 is 71.4. The van der Waals surface area contributed by atoms with Crippen LogP contribution in [-0.4, -0.2) is 72.5 Å². The van der Waals surface area contributed by atoms with Crippen molar-refractivity contribution < 1.29 is 50.9 Å². The number of halogens is 6. The predicted molar refractivity (Wildman–Crippen MR) is 126 cm³/mol. The van der Waals surface area contributed by atoms with E-state index >= 15 is 0 Å². The third kappa shape index (κ3) is 10.3. The molecule has 1 atom stereocenters. The molecule has 2 aromatic heterocycles. The van der Waals surface area contributed by atoms with Crippen LogP contribution in [-0.2, 0) is 40.9 Å². The lowest BCUT2D eigenvalue weighted by Crippen LogP contribution is -2.38. The lowest BCUT2D eigenvalue weighted by atomic mass is 10.0. The molecule has 0 bridgehead atoms. The molecule has 0 aliphatic carbocycles. The standard InChI is InChI=1S/C20H23N5O.2C2HF3O2/c1-24-18-9-12-25(13-16-7-10-21-11-8-16)19(20(18)22-23-24)15-26-14-17-5-3-2-4-6-17;2*3-2(4,5)1(6)7/h2-8,10-11,19H,9,12-15H2,1H3;2*(H,6,7). The number of fused-ring (bicyclic) bond motifs is 1. The van der Waals surface area contributed by atoms with Crippen molar-refractivity contribution >= 4 is 11.9 Å². The summed E-state index contributed by atoms with van der Waals surface area (Å²) in [7, 11) is 1.96. The van der Waals surface area contributed by atoms with Crippen molar-refractivity contribution in [2.24, 2.45) is 7.05 Å². The van der Waals surface area contributed by atoms with Crippen molar-refractivity contribution in [1.82, 2.24) is 24.9 Å². The molecule has 40 heavy (non-hydrogen) atoms. The van der Waals surface area contributed by atoms with Crippen molar-refractivity contribution in [3.05, 3.63) is 77.4 Å². The number of rotatable bonds is 6. The van der Waals surface area contributed by atoms with Crippen LogP contribution in [0.4, 0.5) is 26.3 Å². The van der Waals surface area contributed by atoms with E-state index in [1.54, 1.807) is 0 Å². The zero-order chi connectivity index (χ0) is 29.9. The molecule has 0 radical (unpaired) electrons. The quantitative estimate of drug-likeness (QED) is 0.420. The van der Waals surface area contributed by atoms with Crippen LogP contribution in [0.25, 0.3) is 0 Å². The maximum Gasteiger partial charge on any atom is 0.490 e. The Labute approximate surface area is 223 Å². The fourth-order valence-corrected chi connectivity index (χ4v) is 3.48. The minimum absolute atomic E-state index is 0.115. The number of benzene rings is 1. The Hall–Kier alpha value is -4.05. The Morgan fingerprint density at radius 2 is 1.50 bits per heavy atom. The summed E-state index contributed by atoms with van der Waals surface area (Å²) in [5, 5.41) is 22.9. The van der Waals surface area contributed by atoms with Gasteiger partial charge in [-0.25, -0.2) is 9.59 Å². The third-order valence-electron chi connectivity index (χ3n) is 5.37. The maximum atomic E-state index is 10.6. The number of aromatic nitrogens is 4. The van der Waals surface area contributed by atoms with Gasteiger partial charge in [-0.2, -0.15) is 26.3 Å². The van der Waals surface area contributed by atoms with Crippen molar-refractivity contribution in [2.75, 3.05) is 13.2 Å². The van der Waals surface area contributed by atoms with E-state index in [9.17, 15) is 26.3 Å². The molecule has 0 amide bonds. The fourth-order valence-electron chi connectivity index (χ4n) is 3.48. The van der Waals surface area contributed by atoms with Gasteiger partial charge in [0.2, 0.25) is 0 Å². The Morgan fingerprint density at radius 3 is 2.02 bits per heavy atom. The molecular formula is C24H25F6N5O5. The van der Waals surface area contributed by atoms with E-state index in [0.717, 1.165) is 25.2 Å². The molecule has 3 aromatic rings. The van der Waals surface area contributed by atoms with Gasteiger partial charge in [0.1, 0.15) is 5.69 Å². The molecule has 1 aromatic carbocycles. The zero-order valence-electron chi connectivity index (χ0n) is 20.9. The summed E-state index contributed by atoms with van der Waals surface area (Å²) in [6, 6.07) is 14.5. The molecule has 4 rings (SSSR count). The number of hydrogen-bond donors (Lipinski definition) is 2. The largest absolute Gasteiger partial charge is 0.490 e. The number of aliphatic carboxylic acids is 2. The molecule has 1 aliphatic rings. The first-order valence-corrected chi connectivity index (χ1v) is 11.4. The van der Waals surface area contributed by atoms with E-state index in [1.165, 1.54) is 16.8 Å². The Bertz CT molecular complexity index is 1200. The van der Waals surface area contributed by atoms with E-state index in [4.69, 9.17) is 24.5 Å². The number of carboxylic acids is 2. The van der Waals surface area contributed by atoms with Crippen molar-refractivity contribution in [2.45, 2.75) is 38.0 Å². The molecule has 0 spiro atoms. The molecule has 0 saturated carbocycles. The van der Waals surface area contributed by atoms with Crippen LogP contribution in [0.2, 0.25) is 0 Å². The van der Waals surface area contributed by atoms with Crippen molar-refractivity contribution in [3.8, 4) is 0 Å². The molecule has 1 unspecified atom stereocenters. The second-order valence-electron chi connectivity index (χ2n) is 8.24. The van der Waals surface area contributed by atoms with Crippen LogP contribution >= 0.6 is 0 Å². The van der Waals surface area contributed by atoms with E-state index < -0.39 is 24.3 Å². The minimum atomic E-state index is -5.08. The van der Waals surface area contributed by atoms with Gasteiger partial charge < -0.3 is 14.9 Å². The lowest BCUT2D eigenvalue weighted by molar-refractivity contribution is -0.193. The van der Waals surface area contributed by atoms with Crippen LogP contribution in [0.1, 0.15) is 28.6 Å². The SMILES string of the molecule is Cn1nnc2c1CCN(Cc1ccncc1)C2COCc1ccccc1.O=C(O)C(F)(F)F.O=C(O)C(F)(F)F. The number of hydrogen-bond acceptors (Lipinski definition) is 7. The highest BCUT2D eigenvalue weighted by Gasteiger charge is 2.39. The van der Waals surface area contributed by atoms with Gasteiger partial charge in [-0.05, 0) is 23.3 Å². The second-order valence-corrected chi connectivity index (χ2v) is 8.24. The maximum absolute atomic E-state index is 10.6. The predicted octanol–water partition coefficient (Wildman–Crippen LogP) is 3.79. The Kier molecular flexibility index (Phi) is 11.6. The minimum Gasteiger partial charge on any atom is -0.475 e. The molecule has 0 fully saturated rings. The molecular weight excluding hydrogens is 552 g/mol. The number of nitrogens with zero attached hydrogens (tertiary/aromatic N) is 5. The monoisotopic (exact) mass is 577 g/mol. The third-order valence-corrected chi connectivity index (χ3v) is 5.37. The lowest BCUT2D eigenvalue weighted by Gasteiger charge is -2.34. The molecule has 1 aliphatic heterocycles. The highest BCUT2D eigenvalue weighted by molar-refractivity contribution is 5.73. The Balaban J connectivity index is 0.000000333. The van der Waals surface area contributed by atoms with E-state index in [2.05, 4.69) is 44.5 Å². The van der Waals surface area contributed by atoms with Crippen LogP contribution in [0.15, 0.2) is 54.9 Å². The number of alkyl halides is 6. The normalized spacial score (nSPS) is 15.1.